The highest BCUT2D eigenvalue weighted by atomic mass is 127. The smallest absolute Gasteiger partial charge is 0.258 e. The predicted molar refractivity (Wildman–Crippen MR) is 83.4 cm³/mol. The van der Waals surface area contributed by atoms with Gasteiger partial charge in [0.25, 0.3) is 5.91 Å². The third-order valence-electron chi connectivity index (χ3n) is 2.62. The fourth-order valence-electron chi connectivity index (χ4n) is 1.50. The molecule has 3 nitrogen and oxygen atoms in total. The van der Waals surface area contributed by atoms with Crippen molar-refractivity contribution in [1.29, 1.82) is 0 Å². The van der Waals surface area contributed by atoms with Gasteiger partial charge >= 0.3 is 0 Å². The average Bonchev–Trinajstić information content (AvgIpc) is 2.61. The van der Waals surface area contributed by atoms with E-state index in [2.05, 4.69) is 32.9 Å². The Morgan fingerprint density at radius 1 is 1.33 bits per heavy atom. The summed E-state index contributed by atoms with van der Waals surface area (Å²) >= 11 is 3.67. The van der Waals surface area contributed by atoms with E-state index in [4.69, 9.17) is 0 Å². The molecule has 0 saturated carbocycles. The van der Waals surface area contributed by atoms with Crippen molar-refractivity contribution in [1.82, 2.24) is 4.98 Å². The second-order valence-corrected chi connectivity index (χ2v) is 6.46. The third kappa shape index (κ3) is 2.89. The maximum Gasteiger partial charge on any atom is 0.258 e. The Kier molecular flexibility index (Phi) is 4.01. The normalized spacial score (nSPS) is 10.4. The van der Waals surface area contributed by atoms with Gasteiger partial charge < -0.3 is 0 Å². The molecule has 1 aromatic heterocycles. The van der Waals surface area contributed by atoms with Crippen molar-refractivity contribution in [3.05, 3.63) is 43.5 Å². The van der Waals surface area contributed by atoms with Crippen LogP contribution in [-0.2, 0) is 0 Å². The molecule has 0 spiro atoms. The maximum absolute atomic E-state index is 12.2. The zero-order valence-electron chi connectivity index (χ0n) is 10.4. The van der Waals surface area contributed by atoms with Crippen LogP contribution in [0.15, 0.2) is 18.2 Å². The second kappa shape index (κ2) is 5.36. The van der Waals surface area contributed by atoms with Crippen LogP contribution < -0.4 is 5.32 Å². The number of amides is 1. The lowest BCUT2D eigenvalue weighted by molar-refractivity contribution is 0.102. The van der Waals surface area contributed by atoms with E-state index in [1.165, 1.54) is 11.3 Å². The summed E-state index contributed by atoms with van der Waals surface area (Å²) in [6.07, 6.45) is 0. The predicted octanol–water partition coefficient (Wildman–Crippen LogP) is 3.93. The van der Waals surface area contributed by atoms with Crippen molar-refractivity contribution in [2.24, 2.45) is 0 Å². The Labute approximate surface area is 124 Å². The van der Waals surface area contributed by atoms with Crippen molar-refractivity contribution in [3.63, 3.8) is 0 Å². The van der Waals surface area contributed by atoms with Gasteiger partial charge in [-0.3, -0.25) is 10.1 Å². The van der Waals surface area contributed by atoms with E-state index in [-0.39, 0.29) is 5.91 Å². The van der Waals surface area contributed by atoms with E-state index in [1.54, 1.807) is 0 Å². The van der Waals surface area contributed by atoms with Crippen LogP contribution in [0.5, 0.6) is 0 Å². The molecule has 0 aliphatic rings. The molecule has 0 fully saturated rings. The first kappa shape index (κ1) is 13.5. The van der Waals surface area contributed by atoms with E-state index in [0.29, 0.717) is 10.7 Å². The van der Waals surface area contributed by atoms with Crippen LogP contribution >= 0.6 is 33.9 Å². The number of aromatic nitrogens is 1. The molecular weight excluding hydrogens is 359 g/mol. The summed E-state index contributed by atoms with van der Waals surface area (Å²) in [5.74, 6) is -0.100. The van der Waals surface area contributed by atoms with Crippen molar-refractivity contribution in [2.45, 2.75) is 20.8 Å². The number of halogens is 1. The monoisotopic (exact) mass is 372 g/mol. The topological polar surface area (TPSA) is 42.0 Å². The van der Waals surface area contributed by atoms with Crippen molar-refractivity contribution < 1.29 is 4.79 Å². The number of thiazole rings is 1. The first-order chi connectivity index (χ1) is 8.47. The van der Waals surface area contributed by atoms with Crippen LogP contribution in [-0.4, -0.2) is 10.9 Å². The van der Waals surface area contributed by atoms with Gasteiger partial charge in [-0.15, -0.1) is 11.3 Å². The number of nitrogens with zero attached hydrogens (tertiary/aromatic N) is 1. The first-order valence-electron chi connectivity index (χ1n) is 5.49. The van der Waals surface area contributed by atoms with E-state index in [1.807, 2.05) is 39.0 Å². The highest BCUT2D eigenvalue weighted by Crippen LogP contribution is 2.22. The van der Waals surface area contributed by atoms with Gasteiger partial charge in [0.2, 0.25) is 0 Å². The quantitative estimate of drug-likeness (QED) is 0.812. The summed E-state index contributed by atoms with van der Waals surface area (Å²) in [6, 6.07) is 5.84. The standard InChI is InChI=1S/C13H13IN2OS/c1-7-4-5-11(14)10(6-7)12(17)16-13-15-8(2)9(3)18-13/h4-6H,1-3H3,(H,15,16,17). The van der Waals surface area contributed by atoms with Crippen LogP contribution in [0.25, 0.3) is 0 Å². The number of hydrogen-bond donors (Lipinski definition) is 1. The minimum atomic E-state index is -0.100. The van der Waals surface area contributed by atoms with E-state index in [0.717, 1.165) is 19.7 Å². The molecule has 1 heterocycles. The Morgan fingerprint density at radius 3 is 2.67 bits per heavy atom. The molecule has 0 radical (unpaired) electrons. The highest BCUT2D eigenvalue weighted by molar-refractivity contribution is 14.1. The Hall–Kier alpha value is -0.950. The molecule has 0 saturated heterocycles. The number of carbonyl (C=O) groups excluding carboxylic acids is 1. The molecule has 1 amide bonds. The summed E-state index contributed by atoms with van der Waals surface area (Å²) in [4.78, 5) is 17.6. The summed E-state index contributed by atoms with van der Waals surface area (Å²) in [7, 11) is 0. The summed E-state index contributed by atoms with van der Waals surface area (Å²) in [5, 5.41) is 3.51. The van der Waals surface area contributed by atoms with Gasteiger partial charge in [0.1, 0.15) is 0 Å². The number of aryl methyl sites for hydroxylation is 3. The van der Waals surface area contributed by atoms with E-state index >= 15 is 0 Å². The Bertz CT molecular complexity index is 588. The van der Waals surface area contributed by atoms with Crippen LogP contribution in [0.1, 0.15) is 26.5 Å². The lowest BCUT2D eigenvalue weighted by atomic mass is 10.1. The average molecular weight is 372 g/mol. The van der Waals surface area contributed by atoms with Crippen LogP contribution in [0.3, 0.4) is 0 Å². The van der Waals surface area contributed by atoms with Gasteiger partial charge in [-0.25, -0.2) is 4.98 Å². The van der Waals surface area contributed by atoms with Gasteiger partial charge in [-0.05, 0) is 55.5 Å². The number of nitrogens with one attached hydrogen (secondary N) is 1. The molecule has 0 bridgehead atoms. The minimum absolute atomic E-state index is 0.100. The molecule has 0 aliphatic heterocycles. The van der Waals surface area contributed by atoms with E-state index in [9.17, 15) is 4.79 Å². The van der Waals surface area contributed by atoms with Crippen molar-refractivity contribution >= 4 is 45.0 Å². The fourth-order valence-corrected chi connectivity index (χ4v) is 2.89. The summed E-state index contributed by atoms with van der Waals surface area (Å²) in [6.45, 7) is 5.92. The fraction of sp³-hybridized carbons (Fsp3) is 0.231. The molecule has 0 unspecified atom stereocenters. The number of rotatable bonds is 2. The van der Waals surface area contributed by atoms with Crippen molar-refractivity contribution in [3.8, 4) is 0 Å². The summed E-state index contributed by atoms with van der Waals surface area (Å²) < 4.78 is 0.945. The third-order valence-corrected chi connectivity index (χ3v) is 4.54. The SMILES string of the molecule is Cc1ccc(I)c(C(=O)Nc2nc(C)c(C)s2)c1. The van der Waals surface area contributed by atoms with E-state index < -0.39 is 0 Å². The zero-order chi connectivity index (χ0) is 13.3. The van der Waals surface area contributed by atoms with Gasteiger partial charge in [0.05, 0.1) is 11.3 Å². The van der Waals surface area contributed by atoms with Crippen LogP contribution in [0, 0.1) is 24.3 Å². The number of anilines is 1. The van der Waals surface area contributed by atoms with Gasteiger partial charge in [0, 0.05) is 8.45 Å². The zero-order valence-corrected chi connectivity index (χ0v) is 13.3. The molecule has 2 rings (SSSR count). The maximum atomic E-state index is 12.2. The lowest BCUT2D eigenvalue weighted by Crippen LogP contribution is -2.13. The molecule has 0 aliphatic carbocycles. The molecule has 18 heavy (non-hydrogen) atoms. The molecule has 0 atom stereocenters. The number of benzene rings is 1. The van der Waals surface area contributed by atoms with Crippen LogP contribution in [0.2, 0.25) is 0 Å². The largest absolute Gasteiger partial charge is 0.298 e. The highest BCUT2D eigenvalue weighted by Gasteiger charge is 2.12. The summed E-state index contributed by atoms with van der Waals surface area (Å²) in [5.41, 5.74) is 2.74. The molecule has 1 aromatic carbocycles. The van der Waals surface area contributed by atoms with Crippen LogP contribution in [0.4, 0.5) is 5.13 Å². The van der Waals surface area contributed by atoms with Gasteiger partial charge in [0.15, 0.2) is 5.13 Å². The Balaban J connectivity index is 2.24. The van der Waals surface area contributed by atoms with Gasteiger partial charge in [-0.2, -0.15) is 0 Å². The second-order valence-electron chi connectivity index (χ2n) is 4.10. The first-order valence-corrected chi connectivity index (χ1v) is 7.38. The van der Waals surface area contributed by atoms with Gasteiger partial charge in [-0.1, -0.05) is 11.6 Å². The molecule has 2 aromatic rings. The molecular formula is C13H13IN2OS. The van der Waals surface area contributed by atoms with Crippen molar-refractivity contribution in [2.75, 3.05) is 5.32 Å². The molecule has 5 heteroatoms. The Morgan fingerprint density at radius 2 is 2.06 bits per heavy atom. The molecule has 1 N–H and O–H groups in total. The molecule has 94 valence electrons. The number of carbonyl (C=O) groups is 1. The lowest BCUT2D eigenvalue weighted by Gasteiger charge is -2.05. The number of hydrogen-bond acceptors (Lipinski definition) is 3. The minimum Gasteiger partial charge on any atom is -0.298 e.